The van der Waals surface area contributed by atoms with Gasteiger partial charge < -0.3 is 36.6 Å². The van der Waals surface area contributed by atoms with Crippen molar-refractivity contribution >= 4 is 35.6 Å². The van der Waals surface area contributed by atoms with Crippen molar-refractivity contribution < 1.29 is 44.1 Å². The van der Waals surface area contributed by atoms with Gasteiger partial charge in [-0.3, -0.25) is 28.8 Å². The lowest BCUT2D eigenvalue weighted by atomic mass is 10.1. The van der Waals surface area contributed by atoms with E-state index in [0.717, 1.165) is 4.90 Å². The number of nitrogens with one attached hydrogen (secondary N) is 2. The lowest BCUT2D eigenvalue weighted by Gasteiger charge is -2.29. The number of carboxylic acid groups (broad SMARTS) is 3. The summed E-state index contributed by atoms with van der Waals surface area (Å²) in [7, 11) is 0. The quantitative estimate of drug-likeness (QED) is 0.205. The van der Waals surface area contributed by atoms with Crippen LogP contribution in [0.1, 0.15) is 32.1 Å². The summed E-state index contributed by atoms with van der Waals surface area (Å²) in [5.74, 6) is -6.14. The second-order valence-electron chi connectivity index (χ2n) is 6.50. The predicted octanol–water partition coefficient (Wildman–Crippen LogP) is -2.67. The van der Waals surface area contributed by atoms with Crippen molar-refractivity contribution in [3.8, 4) is 0 Å². The largest absolute Gasteiger partial charge is 0.481 e. The molecule has 1 aliphatic rings. The first kappa shape index (κ1) is 23.8. The molecule has 29 heavy (non-hydrogen) atoms. The van der Waals surface area contributed by atoms with Gasteiger partial charge in [-0.15, -0.1) is 0 Å². The third kappa shape index (κ3) is 7.73. The van der Waals surface area contributed by atoms with Gasteiger partial charge in [-0.2, -0.15) is 0 Å². The molecule has 162 valence electrons. The highest BCUT2D eigenvalue weighted by Crippen LogP contribution is 2.19. The maximum atomic E-state index is 12.9. The van der Waals surface area contributed by atoms with Gasteiger partial charge >= 0.3 is 17.9 Å². The van der Waals surface area contributed by atoms with Crippen molar-refractivity contribution in [2.45, 2.75) is 50.2 Å². The molecule has 7 N–H and O–H groups in total. The molecule has 13 heteroatoms. The van der Waals surface area contributed by atoms with E-state index < -0.39 is 73.1 Å². The number of carbonyl (C=O) groups is 6. The molecule has 1 heterocycles. The molecule has 0 aromatic rings. The molecule has 1 saturated heterocycles. The van der Waals surface area contributed by atoms with Crippen LogP contribution in [0.2, 0.25) is 0 Å². The Morgan fingerprint density at radius 1 is 1.03 bits per heavy atom. The van der Waals surface area contributed by atoms with E-state index in [4.69, 9.17) is 21.1 Å². The van der Waals surface area contributed by atoms with E-state index in [1.54, 1.807) is 0 Å². The Kier molecular flexibility index (Phi) is 8.99. The maximum absolute atomic E-state index is 12.9. The lowest BCUT2D eigenvalue weighted by Crippen LogP contribution is -2.56. The van der Waals surface area contributed by atoms with Gasteiger partial charge in [0.05, 0.1) is 12.5 Å². The number of likely N-dealkylation sites (tertiary alicyclic amines) is 1. The van der Waals surface area contributed by atoms with E-state index in [1.807, 2.05) is 0 Å². The average Bonchev–Trinajstić information content (AvgIpc) is 3.11. The molecule has 1 fully saturated rings. The number of hydrogen-bond acceptors (Lipinski definition) is 7. The van der Waals surface area contributed by atoms with Gasteiger partial charge in [0.25, 0.3) is 0 Å². The van der Waals surface area contributed by atoms with E-state index in [-0.39, 0.29) is 19.4 Å². The minimum absolute atomic E-state index is 0.157. The molecule has 1 rings (SSSR count). The number of carbonyl (C=O) groups excluding carboxylic acids is 3. The Hall–Kier alpha value is -3.22. The Labute approximate surface area is 165 Å². The Morgan fingerprint density at radius 2 is 1.69 bits per heavy atom. The van der Waals surface area contributed by atoms with Crippen LogP contribution in [-0.4, -0.2) is 87.1 Å². The molecule has 3 amide bonds. The second-order valence-corrected chi connectivity index (χ2v) is 6.50. The minimum Gasteiger partial charge on any atom is -0.481 e. The van der Waals surface area contributed by atoms with E-state index >= 15 is 0 Å². The standard InChI is InChI=1S/C16H24N4O9/c17-8(6-12(23)24)14(27)19-9(3-4-11(21)22)16(29)20-5-1-2-10(20)15(28)18-7-13(25)26/h8-10H,1-7,17H2,(H,18,28)(H,19,27)(H,21,22)(H,23,24)(H,25,26). The predicted molar refractivity (Wildman–Crippen MR) is 94.4 cm³/mol. The molecule has 13 nitrogen and oxygen atoms in total. The number of amides is 3. The minimum atomic E-state index is -1.44. The molecule has 3 unspecified atom stereocenters. The third-order valence-corrected chi connectivity index (χ3v) is 4.25. The fourth-order valence-electron chi connectivity index (χ4n) is 2.87. The van der Waals surface area contributed by atoms with Crippen molar-refractivity contribution in [3.63, 3.8) is 0 Å². The van der Waals surface area contributed by atoms with Crippen molar-refractivity contribution in [1.29, 1.82) is 0 Å². The monoisotopic (exact) mass is 416 g/mol. The van der Waals surface area contributed by atoms with Crippen molar-refractivity contribution in [3.05, 3.63) is 0 Å². The first-order valence-corrected chi connectivity index (χ1v) is 8.82. The van der Waals surface area contributed by atoms with Crippen LogP contribution >= 0.6 is 0 Å². The molecule has 1 aliphatic heterocycles. The summed E-state index contributed by atoms with van der Waals surface area (Å²) >= 11 is 0. The Balaban J connectivity index is 2.89. The van der Waals surface area contributed by atoms with Crippen LogP contribution in [-0.2, 0) is 28.8 Å². The van der Waals surface area contributed by atoms with Gasteiger partial charge in [-0.25, -0.2) is 0 Å². The first-order valence-electron chi connectivity index (χ1n) is 8.82. The summed E-state index contributed by atoms with van der Waals surface area (Å²) < 4.78 is 0. The van der Waals surface area contributed by atoms with Crippen LogP contribution in [0, 0.1) is 0 Å². The highest BCUT2D eigenvalue weighted by atomic mass is 16.4. The number of hydrogen-bond donors (Lipinski definition) is 6. The molecule has 0 bridgehead atoms. The number of nitrogens with two attached hydrogens (primary N) is 1. The number of rotatable bonds is 11. The van der Waals surface area contributed by atoms with E-state index in [2.05, 4.69) is 10.6 Å². The molecule has 0 aliphatic carbocycles. The molecule has 0 aromatic heterocycles. The number of aliphatic carboxylic acids is 3. The number of nitrogens with zero attached hydrogens (tertiary/aromatic N) is 1. The summed E-state index contributed by atoms with van der Waals surface area (Å²) in [6, 6.07) is -3.73. The molecule has 0 aromatic carbocycles. The van der Waals surface area contributed by atoms with Crippen LogP contribution in [0.25, 0.3) is 0 Å². The van der Waals surface area contributed by atoms with Gasteiger partial charge in [0.1, 0.15) is 18.6 Å². The van der Waals surface area contributed by atoms with Crippen molar-refractivity contribution in [1.82, 2.24) is 15.5 Å². The first-order chi connectivity index (χ1) is 13.5. The SMILES string of the molecule is NC(CC(=O)O)C(=O)NC(CCC(=O)O)C(=O)N1CCCC1C(=O)NCC(=O)O. The number of carboxylic acids is 3. The van der Waals surface area contributed by atoms with E-state index in [1.165, 1.54) is 0 Å². The Morgan fingerprint density at radius 3 is 2.24 bits per heavy atom. The van der Waals surface area contributed by atoms with Crippen LogP contribution in [0.15, 0.2) is 0 Å². The van der Waals surface area contributed by atoms with E-state index in [0.29, 0.717) is 6.42 Å². The normalized spacial score (nSPS) is 17.8. The van der Waals surface area contributed by atoms with Crippen LogP contribution in [0.4, 0.5) is 0 Å². The zero-order valence-electron chi connectivity index (χ0n) is 15.5. The molecule has 3 atom stereocenters. The van der Waals surface area contributed by atoms with Crippen LogP contribution < -0.4 is 16.4 Å². The molecule has 0 spiro atoms. The molecule has 0 radical (unpaired) electrons. The topological polar surface area (TPSA) is 216 Å². The molecule has 0 saturated carbocycles. The van der Waals surface area contributed by atoms with E-state index in [9.17, 15) is 28.8 Å². The summed E-state index contributed by atoms with van der Waals surface area (Å²) in [5, 5.41) is 30.7. The van der Waals surface area contributed by atoms with Crippen molar-refractivity contribution in [2.75, 3.05) is 13.1 Å². The van der Waals surface area contributed by atoms with Gasteiger partial charge in [0.2, 0.25) is 17.7 Å². The summed E-state index contributed by atoms with van der Waals surface area (Å²) in [6.45, 7) is -0.467. The fraction of sp³-hybridized carbons (Fsp3) is 0.625. The lowest BCUT2D eigenvalue weighted by molar-refractivity contribution is -0.143. The average molecular weight is 416 g/mol. The maximum Gasteiger partial charge on any atom is 0.322 e. The highest BCUT2D eigenvalue weighted by Gasteiger charge is 2.38. The zero-order chi connectivity index (χ0) is 22.1. The summed E-state index contributed by atoms with van der Waals surface area (Å²) in [5.41, 5.74) is 5.47. The van der Waals surface area contributed by atoms with Gasteiger partial charge in [-0.05, 0) is 19.3 Å². The molecular formula is C16H24N4O9. The second kappa shape index (κ2) is 10.9. The van der Waals surface area contributed by atoms with Gasteiger partial charge in [-0.1, -0.05) is 0 Å². The highest BCUT2D eigenvalue weighted by molar-refractivity contribution is 5.95. The van der Waals surface area contributed by atoms with Crippen LogP contribution in [0.5, 0.6) is 0 Å². The summed E-state index contributed by atoms with van der Waals surface area (Å²) in [4.78, 5) is 70.4. The Bertz CT molecular complexity index is 681. The molecular weight excluding hydrogens is 392 g/mol. The van der Waals surface area contributed by atoms with Crippen LogP contribution in [0.3, 0.4) is 0 Å². The van der Waals surface area contributed by atoms with Gasteiger partial charge in [0, 0.05) is 13.0 Å². The third-order valence-electron chi connectivity index (χ3n) is 4.25. The van der Waals surface area contributed by atoms with Crippen molar-refractivity contribution in [2.24, 2.45) is 5.73 Å². The van der Waals surface area contributed by atoms with Gasteiger partial charge in [0.15, 0.2) is 0 Å². The fourth-order valence-corrected chi connectivity index (χ4v) is 2.87. The smallest absolute Gasteiger partial charge is 0.322 e. The zero-order valence-corrected chi connectivity index (χ0v) is 15.5. The summed E-state index contributed by atoms with van der Waals surface area (Å²) in [6.07, 6.45) is -0.714.